The van der Waals surface area contributed by atoms with Crippen LogP contribution in [0.1, 0.15) is 33.2 Å². The van der Waals surface area contributed by atoms with Gasteiger partial charge < -0.3 is 10.6 Å². The van der Waals surface area contributed by atoms with Crippen molar-refractivity contribution in [1.29, 1.82) is 5.26 Å². The van der Waals surface area contributed by atoms with E-state index in [1.54, 1.807) is 48.5 Å². The van der Waals surface area contributed by atoms with Gasteiger partial charge in [-0.15, -0.1) is 0 Å². The molecule has 0 fully saturated rings. The molecule has 5 heteroatoms. The molecular formula is C23H19N3O2. The van der Waals surface area contributed by atoms with E-state index in [0.29, 0.717) is 40.0 Å². The van der Waals surface area contributed by atoms with Crippen LogP contribution in [0.5, 0.6) is 0 Å². The van der Waals surface area contributed by atoms with Crippen molar-refractivity contribution in [2.24, 2.45) is 0 Å². The minimum atomic E-state index is -0.309. The van der Waals surface area contributed by atoms with Gasteiger partial charge in [-0.2, -0.15) is 5.26 Å². The van der Waals surface area contributed by atoms with Gasteiger partial charge in [-0.05, 0) is 42.8 Å². The van der Waals surface area contributed by atoms with Gasteiger partial charge >= 0.3 is 0 Å². The maximum atomic E-state index is 12.9. The van der Waals surface area contributed by atoms with Gasteiger partial charge in [-0.3, -0.25) is 9.59 Å². The fourth-order valence-corrected chi connectivity index (χ4v) is 2.93. The number of nitrogens with zero attached hydrogens (tertiary/aromatic N) is 1. The number of anilines is 1. The third-order valence-electron chi connectivity index (χ3n) is 4.23. The number of nitriles is 1. The second kappa shape index (κ2) is 8.65. The molecule has 3 rings (SSSR count). The van der Waals surface area contributed by atoms with Crippen LogP contribution in [0.25, 0.3) is 11.1 Å². The summed E-state index contributed by atoms with van der Waals surface area (Å²) in [5, 5.41) is 15.0. The lowest BCUT2D eigenvalue weighted by Crippen LogP contribution is -2.22. The second-order valence-corrected chi connectivity index (χ2v) is 6.10. The highest BCUT2D eigenvalue weighted by molar-refractivity contribution is 6.09. The summed E-state index contributed by atoms with van der Waals surface area (Å²) in [5.41, 5.74) is 3.33. The number of amides is 2. The van der Waals surface area contributed by atoms with Gasteiger partial charge in [0.2, 0.25) is 0 Å². The average molecular weight is 369 g/mol. The van der Waals surface area contributed by atoms with Crippen LogP contribution >= 0.6 is 0 Å². The Labute approximate surface area is 163 Å². The molecule has 0 atom stereocenters. The molecule has 0 bridgehead atoms. The maximum absolute atomic E-state index is 12.9. The zero-order chi connectivity index (χ0) is 19.9. The Morgan fingerprint density at radius 3 is 2.36 bits per heavy atom. The second-order valence-electron chi connectivity index (χ2n) is 6.10. The molecule has 2 amide bonds. The van der Waals surface area contributed by atoms with Crippen molar-refractivity contribution >= 4 is 17.5 Å². The number of hydrogen-bond donors (Lipinski definition) is 2. The number of carbonyl (C=O) groups is 2. The lowest BCUT2D eigenvalue weighted by atomic mass is 9.95. The van der Waals surface area contributed by atoms with Crippen molar-refractivity contribution < 1.29 is 9.59 Å². The van der Waals surface area contributed by atoms with Crippen molar-refractivity contribution in [3.63, 3.8) is 0 Å². The van der Waals surface area contributed by atoms with Crippen molar-refractivity contribution in [1.82, 2.24) is 5.32 Å². The molecule has 0 unspecified atom stereocenters. The van der Waals surface area contributed by atoms with Crippen LogP contribution in [0.3, 0.4) is 0 Å². The summed E-state index contributed by atoms with van der Waals surface area (Å²) in [4.78, 5) is 24.9. The summed E-state index contributed by atoms with van der Waals surface area (Å²) in [6.45, 7) is 2.38. The largest absolute Gasteiger partial charge is 0.352 e. The molecule has 0 aliphatic carbocycles. The number of rotatable bonds is 5. The van der Waals surface area contributed by atoms with E-state index in [-0.39, 0.29) is 11.8 Å². The zero-order valence-corrected chi connectivity index (χ0v) is 15.4. The predicted molar refractivity (Wildman–Crippen MR) is 109 cm³/mol. The van der Waals surface area contributed by atoms with E-state index >= 15 is 0 Å². The van der Waals surface area contributed by atoms with Gasteiger partial charge in [0.1, 0.15) is 0 Å². The van der Waals surface area contributed by atoms with Crippen molar-refractivity contribution in [2.45, 2.75) is 6.92 Å². The van der Waals surface area contributed by atoms with Crippen LogP contribution in [0.4, 0.5) is 5.69 Å². The molecule has 0 aromatic heterocycles. The fourth-order valence-electron chi connectivity index (χ4n) is 2.93. The summed E-state index contributed by atoms with van der Waals surface area (Å²) < 4.78 is 0. The lowest BCUT2D eigenvalue weighted by molar-refractivity contribution is 0.0954. The quantitative estimate of drug-likeness (QED) is 0.706. The van der Waals surface area contributed by atoms with Crippen molar-refractivity contribution in [2.75, 3.05) is 11.9 Å². The normalized spacial score (nSPS) is 10.0. The Kier molecular flexibility index (Phi) is 5.83. The van der Waals surface area contributed by atoms with E-state index in [0.717, 1.165) is 0 Å². The Hall–Kier alpha value is -3.91. The van der Waals surface area contributed by atoms with E-state index in [1.807, 2.05) is 31.2 Å². The van der Waals surface area contributed by atoms with E-state index < -0.39 is 0 Å². The van der Waals surface area contributed by atoms with Gasteiger partial charge in [0.15, 0.2) is 0 Å². The summed E-state index contributed by atoms with van der Waals surface area (Å²) in [5.74, 6) is -0.502. The van der Waals surface area contributed by atoms with Gasteiger partial charge in [-0.1, -0.05) is 42.5 Å². The molecule has 5 nitrogen and oxygen atoms in total. The first-order chi connectivity index (χ1) is 13.6. The zero-order valence-electron chi connectivity index (χ0n) is 15.4. The molecule has 3 aromatic carbocycles. The van der Waals surface area contributed by atoms with Crippen LogP contribution in [0, 0.1) is 11.3 Å². The van der Waals surface area contributed by atoms with Crippen LogP contribution in [0.15, 0.2) is 72.8 Å². The van der Waals surface area contributed by atoms with Crippen LogP contribution in [-0.2, 0) is 0 Å². The van der Waals surface area contributed by atoms with E-state index in [1.165, 1.54) is 0 Å². The van der Waals surface area contributed by atoms with Gasteiger partial charge in [-0.25, -0.2) is 0 Å². The van der Waals surface area contributed by atoms with E-state index in [2.05, 4.69) is 16.7 Å². The summed E-state index contributed by atoms with van der Waals surface area (Å²) in [6.07, 6.45) is 0. The molecule has 0 saturated heterocycles. The monoisotopic (exact) mass is 369 g/mol. The van der Waals surface area contributed by atoms with Crippen molar-refractivity contribution in [3.8, 4) is 17.2 Å². The average Bonchev–Trinajstić information content (AvgIpc) is 2.74. The highest BCUT2D eigenvalue weighted by Crippen LogP contribution is 2.27. The van der Waals surface area contributed by atoms with Crippen LogP contribution in [-0.4, -0.2) is 18.4 Å². The highest BCUT2D eigenvalue weighted by Gasteiger charge is 2.15. The first-order valence-electron chi connectivity index (χ1n) is 8.92. The summed E-state index contributed by atoms with van der Waals surface area (Å²) in [6, 6.07) is 23.2. The molecule has 0 spiro atoms. The molecule has 0 saturated carbocycles. The SMILES string of the molecule is CCNC(=O)c1cccc(NC(=O)c2ccccc2-c2ccccc2C#N)c1. The Morgan fingerprint density at radius 1 is 0.893 bits per heavy atom. The Morgan fingerprint density at radius 2 is 1.61 bits per heavy atom. The molecule has 0 aliphatic rings. The van der Waals surface area contributed by atoms with Crippen molar-refractivity contribution in [3.05, 3.63) is 89.5 Å². The smallest absolute Gasteiger partial charge is 0.256 e. The van der Waals surface area contributed by atoms with E-state index in [4.69, 9.17) is 0 Å². The van der Waals surface area contributed by atoms with Gasteiger partial charge in [0.25, 0.3) is 11.8 Å². The highest BCUT2D eigenvalue weighted by atomic mass is 16.2. The molecule has 28 heavy (non-hydrogen) atoms. The minimum absolute atomic E-state index is 0.193. The van der Waals surface area contributed by atoms with Gasteiger partial charge in [0.05, 0.1) is 11.6 Å². The molecule has 0 aliphatic heterocycles. The predicted octanol–water partition coefficient (Wildman–Crippen LogP) is 4.23. The fraction of sp³-hybridized carbons (Fsp3) is 0.0870. The third-order valence-corrected chi connectivity index (χ3v) is 4.23. The number of carbonyl (C=O) groups excluding carboxylic acids is 2. The first-order valence-corrected chi connectivity index (χ1v) is 8.92. The maximum Gasteiger partial charge on any atom is 0.256 e. The molecule has 2 N–H and O–H groups in total. The minimum Gasteiger partial charge on any atom is -0.352 e. The van der Waals surface area contributed by atoms with Gasteiger partial charge in [0, 0.05) is 28.9 Å². The Bertz CT molecular complexity index is 1070. The lowest BCUT2D eigenvalue weighted by Gasteiger charge is -2.12. The van der Waals surface area contributed by atoms with E-state index in [9.17, 15) is 14.9 Å². The number of nitrogens with one attached hydrogen (secondary N) is 2. The Balaban J connectivity index is 1.92. The first kappa shape index (κ1) is 18.9. The topological polar surface area (TPSA) is 82.0 Å². The molecule has 0 radical (unpaired) electrons. The molecular weight excluding hydrogens is 350 g/mol. The third kappa shape index (κ3) is 4.08. The summed E-state index contributed by atoms with van der Waals surface area (Å²) in [7, 11) is 0. The number of hydrogen-bond acceptors (Lipinski definition) is 3. The standard InChI is InChI=1S/C23H19N3O2/c1-2-25-22(27)16-9-7-10-18(14-16)26-23(28)21-13-6-5-12-20(21)19-11-4-3-8-17(19)15-24/h3-14H,2H2,1H3,(H,25,27)(H,26,28). The van der Waals surface area contributed by atoms with Crippen LogP contribution < -0.4 is 10.6 Å². The summed E-state index contributed by atoms with van der Waals surface area (Å²) >= 11 is 0. The number of benzene rings is 3. The van der Waals surface area contributed by atoms with Crippen LogP contribution in [0.2, 0.25) is 0 Å². The molecule has 0 heterocycles. The molecule has 3 aromatic rings. The molecule has 138 valence electrons.